The molecule has 104 valence electrons. The highest BCUT2D eigenvalue weighted by Gasteiger charge is 2.39. The molecule has 2 rings (SSSR count). The van der Waals surface area contributed by atoms with E-state index in [9.17, 15) is 13.2 Å². The Labute approximate surface area is 120 Å². The molecule has 1 atom stereocenters. The van der Waals surface area contributed by atoms with E-state index in [1.165, 1.54) is 0 Å². The molecule has 1 unspecified atom stereocenters. The number of rotatable bonds is 2. The Bertz CT molecular complexity index is 630. The lowest BCUT2D eigenvalue weighted by molar-refractivity contribution is 0.0914. The highest BCUT2D eigenvalue weighted by Crippen LogP contribution is 2.25. The van der Waals surface area contributed by atoms with Gasteiger partial charge in [0.05, 0.1) is 22.6 Å². The standard InChI is InChI=1S/C12H15BrN2O3S/c1-12(4-5-19(17,18)7-12)15-11(16)9-6-8(14)2-3-10(9)13/h2-3,6H,4-5,7,14H2,1H3,(H,15,16). The van der Waals surface area contributed by atoms with Gasteiger partial charge in [0.15, 0.2) is 9.84 Å². The summed E-state index contributed by atoms with van der Waals surface area (Å²) in [6.45, 7) is 1.75. The molecular weight excluding hydrogens is 332 g/mol. The summed E-state index contributed by atoms with van der Waals surface area (Å²) in [4.78, 5) is 12.2. The maximum Gasteiger partial charge on any atom is 0.252 e. The molecule has 0 radical (unpaired) electrons. The SMILES string of the molecule is CC1(NC(=O)c2cc(N)ccc2Br)CCS(=O)(=O)C1. The van der Waals surface area contributed by atoms with E-state index >= 15 is 0 Å². The molecule has 1 aromatic rings. The van der Waals surface area contributed by atoms with Crippen LogP contribution >= 0.6 is 15.9 Å². The van der Waals surface area contributed by atoms with Gasteiger partial charge in [0.25, 0.3) is 5.91 Å². The highest BCUT2D eigenvalue weighted by atomic mass is 79.9. The maximum absolute atomic E-state index is 12.2. The van der Waals surface area contributed by atoms with Crippen molar-refractivity contribution in [2.24, 2.45) is 0 Å². The van der Waals surface area contributed by atoms with Crippen LogP contribution in [0.25, 0.3) is 0 Å². The third kappa shape index (κ3) is 3.27. The molecule has 0 bridgehead atoms. The van der Waals surface area contributed by atoms with Gasteiger partial charge in [-0.1, -0.05) is 0 Å². The van der Waals surface area contributed by atoms with Crippen molar-refractivity contribution in [2.75, 3.05) is 17.2 Å². The van der Waals surface area contributed by atoms with E-state index in [0.717, 1.165) is 0 Å². The highest BCUT2D eigenvalue weighted by molar-refractivity contribution is 9.10. The summed E-state index contributed by atoms with van der Waals surface area (Å²) in [5.41, 5.74) is 5.84. The van der Waals surface area contributed by atoms with Gasteiger partial charge in [-0.25, -0.2) is 8.42 Å². The monoisotopic (exact) mass is 346 g/mol. The first-order valence-electron chi connectivity index (χ1n) is 5.79. The summed E-state index contributed by atoms with van der Waals surface area (Å²) in [6.07, 6.45) is 0.432. The lowest BCUT2D eigenvalue weighted by Crippen LogP contribution is -2.47. The predicted octanol–water partition coefficient (Wildman–Crippen LogP) is 1.34. The number of amides is 1. The normalized spacial score (nSPS) is 25.2. The number of carbonyl (C=O) groups excluding carboxylic acids is 1. The Kier molecular flexibility index (Phi) is 3.61. The van der Waals surface area contributed by atoms with Crippen molar-refractivity contribution < 1.29 is 13.2 Å². The second kappa shape index (κ2) is 4.79. The van der Waals surface area contributed by atoms with E-state index in [-0.39, 0.29) is 17.4 Å². The molecule has 1 aliphatic rings. The van der Waals surface area contributed by atoms with Crippen LogP contribution in [0.2, 0.25) is 0 Å². The molecular formula is C12H15BrN2O3S. The van der Waals surface area contributed by atoms with Crippen LogP contribution in [-0.2, 0) is 9.84 Å². The fraction of sp³-hybridized carbons (Fsp3) is 0.417. The van der Waals surface area contributed by atoms with Gasteiger partial charge in [-0.2, -0.15) is 0 Å². The first-order chi connectivity index (χ1) is 8.71. The quantitative estimate of drug-likeness (QED) is 0.790. The van der Waals surface area contributed by atoms with Crippen molar-refractivity contribution in [1.29, 1.82) is 0 Å². The van der Waals surface area contributed by atoms with Crippen LogP contribution < -0.4 is 11.1 Å². The van der Waals surface area contributed by atoms with Crippen molar-refractivity contribution in [1.82, 2.24) is 5.32 Å². The summed E-state index contributed by atoms with van der Waals surface area (Å²) in [6, 6.07) is 4.94. The molecule has 3 N–H and O–H groups in total. The van der Waals surface area contributed by atoms with Gasteiger partial charge >= 0.3 is 0 Å². The minimum atomic E-state index is -3.05. The van der Waals surface area contributed by atoms with Gasteiger partial charge in [0.2, 0.25) is 0 Å². The fourth-order valence-electron chi connectivity index (χ4n) is 2.17. The van der Waals surface area contributed by atoms with Gasteiger partial charge < -0.3 is 11.1 Å². The number of nitrogens with two attached hydrogens (primary N) is 1. The minimum absolute atomic E-state index is 0.0221. The largest absolute Gasteiger partial charge is 0.399 e. The number of nitrogen functional groups attached to an aromatic ring is 1. The Morgan fingerprint density at radius 2 is 2.16 bits per heavy atom. The molecule has 1 heterocycles. The zero-order valence-corrected chi connectivity index (χ0v) is 12.8. The van der Waals surface area contributed by atoms with E-state index < -0.39 is 15.4 Å². The average molecular weight is 347 g/mol. The molecule has 1 saturated heterocycles. The van der Waals surface area contributed by atoms with E-state index in [1.54, 1.807) is 25.1 Å². The molecule has 7 heteroatoms. The minimum Gasteiger partial charge on any atom is -0.399 e. The first kappa shape index (κ1) is 14.3. The number of nitrogens with one attached hydrogen (secondary N) is 1. The molecule has 1 aliphatic heterocycles. The smallest absolute Gasteiger partial charge is 0.252 e. The van der Waals surface area contributed by atoms with Crippen LogP contribution in [0, 0.1) is 0 Å². The number of sulfone groups is 1. The number of hydrogen-bond acceptors (Lipinski definition) is 4. The van der Waals surface area contributed by atoms with Crippen LogP contribution in [0.5, 0.6) is 0 Å². The molecule has 1 fully saturated rings. The van der Waals surface area contributed by atoms with Gasteiger partial charge in [-0.3, -0.25) is 4.79 Å². The molecule has 1 aromatic carbocycles. The molecule has 0 aliphatic carbocycles. The lowest BCUT2D eigenvalue weighted by Gasteiger charge is -2.24. The second-order valence-electron chi connectivity index (χ2n) is 5.10. The van der Waals surface area contributed by atoms with Gasteiger partial charge in [-0.05, 0) is 47.5 Å². The lowest BCUT2D eigenvalue weighted by atomic mass is 10.0. The molecule has 1 amide bonds. The number of anilines is 1. The number of carbonyl (C=O) groups is 1. The van der Waals surface area contributed by atoms with E-state index in [0.29, 0.717) is 22.1 Å². The second-order valence-corrected chi connectivity index (χ2v) is 8.13. The molecule has 19 heavy (non-hydrogen) atoms. The van der Waals surface area contributed by atoms with Crippen LogP contribution in [0.1, 0.15) is 23.7 Å². The summed E-state index contributed by atoms with van der Waals surface area (Å²) in [7, 11) is -3.05. The molecule has 5 nitrogen and oxygen atoms in total. The number of benzene rings is 1. The molecule has 0 spiro atoms. The number of halogens is 1. The van der Waals surface area contributed by atoms with E-state index in [1.807, 2.05) is 0 Å². The third-order valence-electron chi connectivity index (χ3n) is 3.15. The van der Waals surface area contributed by atoms with Crippen molar-refractivity contribution >= 4 is 37.4 Å². The summed E-state index contributed by atoms with van der Waals surface area (Å²) < 4.78 is 23.6. The Balaban J connectivity index is 2.20. The van der Waals surface area contributed by atoms with Gasteiger partial charge in [-0.15, -0.1) is 0 Å². The summed E-state index contributed by atoms with van der Waals surface area (Å²) >= 11 is 3.29. The Morgan fingerprint density at radius 3 is 2.74 bits per heavy atom. The van der Waals surface area contributed by atoms with Crippen LogP contribution in [-0.4, -0.2) is 31.4 Å². The summed E-state index contributed by atoms with van der Waals surface area (Å²) in [5, 5.41) is 2.79. The van der Waals surface area contributed by atoms with Crippen molar-refractivity contribution in [3.05, 3.63) is 28.2 Å². The predicted molar refractivity (Wildman–Crippen MR) is 77.7 cm³/mol. The summed E-state index contributed by atoms with van der Waals surface area (Å²) in [5.74, 6) is -0.230. The third-order valence-corrected chi connectivity index (χ3v) is 5.75. The zero-order chi connectivity index (χ0) is 14.3. The van der Waals surface area contributed by atoms with Crippen LogP contribution in [0.3, 0.4) is 0 Å². The van der Waals surface area contributed by atoms with Crippen molar-refractivity contribution in [3.8, 4) is 0 Å². The van der Waals surface area contributed by atoms with Crippen LogP contribution in [0.4, 0.5) is 5.69 Å². The maximum atomic E-state index is 12.2. The van der Waals surface area contributed by atoms with E-state index in [2.05, 4.69) is 21.2 Å². The van der Waals surface area contributed by atoms with Crippen molar-refractivity contribution in [3.63, 3.8) is 0 Å². The van der Waals surface area contributed by atoms with Gasteiger partial charge in [0.1, 0.15) is 0 Å². The van der Waals surface area contributed by atoms with Crippen molar-refractivity contribution in [2.45, 2.75) is 18.9 Å². The van der Waals surface area contributed by atoms with Crippen LogP contribution in [0.15, 0.2) is 22.7 Å². The van der Waals surface area contributed by atoms with Gasteiger partial charge in [0, 0.05) is 10.2 Å². The average Bonchev–Trinajstić information content (AvgIpc) is 2.56. The molecule has 0 saturated carbocycles. The zero-order valence-electron chi connectivity index (χ0n) is 10.4. The number of hydrogen-bond donors (Lipinski definition) is 2. The topological polar surface area (TPSA) is 89.3 Å². The Morgan fingerprint density at radius 1 is 1.47 bits per heavy atom. The van der Waals surface area contributed by atoms with E-state index in [4.69, 9.17) is 5.73 Å². The Hall–Kier alpha value is -1.08. The fourth-order valence-corrected chi connectivity index (χ4v) is 4.69. The molecule has 0 aromatic heterocycles. The first-order valence-corrected chi connectivity index (χ1v) is 8.40.